The molecule has 0 aliphatic carbocycles. The molecule has 102 valence electrons. The molecule has 0 saturated heterocycles. The summed E-state index contributed by atoms with van der Waals surface area (Å²) in [5.74, 6) is -0.305. The molecule has 1 aromatic heterocycles. The standard InChI is InChI=1S/C17H12FN3/c18-13-6-8-14(9-7-13)21-16(11-19)15-5-1-3-12-4-2-10-20-17(12)15/h1-10,16,21H. The van der Waals surface area contributed by atoms with E-state index in [4.69, 9.17) is 0 Å². The number of para-hydroxylation sites is 1. The van der Waals surface area contributed by atoms with E-state index >= 15 is 0 Å². The molecular formula is C17H12FN3. The second-order valence-electron chi connectivity index (χ2n) is 4.64. The average molecular weight is 277 g/mol. The highest BCUT2D eigenvalue weighted by Gasteiger charge is 2.14. The van der Waals surface area contributed by atoms with Crippen molar-refractivity contribution in [3.63, 3.8) is 0 Å². The second kappa shape index (κ2) is 5.59. The van der Waals surface area contributed by atoms with Crippen molar-refractivity contribution in [2.75, 3.05) is 5.32 Å². The van der Waals surface area contributed by atoms with Crippen molar-refractivity contribution < 1.29 is 4.39 Å². The van der Waals surface area contributed by atoms with Crippen LogP contribution in [-0.4, -0.2) is 4.98 Å². The number of rotatable bonds is 3. The monoisotopic (exact) mass is 277 g/mol. The van der Waals surface area contributed by atoms with Gasteiger partial charge in [0.15, 0.2) is 0 Å². The van der Waals surface area contributed by atoms with Gasteiger partial charge in [0, 0.05) is 22.8 Å². The van der Waals surface area contributed by atoms with Crippen LogP contribution in [0.2, 0.25) is 0 Å². The Bertz CT molecular complexity index is 801. The molecule has 0 spiro atoms. The summed E-state index contributed by atoms with van der Waals surface area (Å²) in [7, 11) is 0. The van der Waals surface area contributed by atoms with Gasteiger partial charge in [-0.25, -0.2) is 4.39 Å². The Balaban J connectivity index is 1.99. The summed E-state index contributed by atoms with van der Waals surface area (Å²) in [6.45, 7) is 0. The number of anilines is 1. The maximum absolute atomic E-state index is 12.9. The van der Waals surface area contributed by atoms with Gasteiger partial charge in [-0.05, 0) is 30.3 Å². The number of hydrogen-bond acceptors (Lipinski definition) is 3. The molecule has 1 N–H and O–H groups in total. The van der Waals surface area contributed by atoms with Crippen molar-refractivity contribution in [1.29, 1.82) is 5.26 Å². The third kappa shape index (κ3) is 2.67. The Labute approximate surface area is 121 Å². The summed E-state index contributed by atoms with van der Waals surface area (Å²) in [5.41, 5.74) is 2.29. The highest BCUT2D eigenvalue weighted by atomic mass is 19.1. The number of pyridine rings is 1. The summed E-state index contributed by atoms with van der Waals surface area (Å²) < 4.78 is 12.9. The lowest BCUT2D eigenvalue weighted by Crippen LogP contribution is -2.09. The van der Waals surface area contributed by atoms with E-state index in [2.05, 4.69) is 16.4 Å². The van der Waals surface area contributed by atoms with Gasteiger partial charge < -0.3 is 5.32 Å². The van der Waals surface area contributed by atoms with Crippen LogP contribution < -0.4 is 5.32 Å². The van der Waals surface area contributed by atoms with Crippen LogP contribution in [0, 0.1) is 17.1 Å². The first-order valence-electron chi connectivity index (χ1n) is 6.53. The van der Waals surface area contributed by atoms with Gasteiger partial charge in [-0.2, -0.15) is 5.26 Å². The SMILES string of the molecule is N#CC(Nc1ccc(F)cc1)c1cccc2cccnc12. The number of aromatic nitrogens is 1. The Kier molecular flexibility index (Phi) is 3.48. The van der Waals surface area contributed by atoms with Gasteiger partial charge in [-0.1, -0.05) is 24.3 Å². The lowest BCUT2D eigenvalue weighted by molar-refractivity contribution is 0.628. The summed E-state index contributed by atoms with van der Waals surface area (Å²) in [4.78, 5) is 4.35. The first kappa shape index (κ1) is 13.1. The number of halogens is 1. The molecule has 0 radical (unpaired) electrons. The molecule has 2 aromatic carbocycles. The fourth-order valence-electron chi connectivity index (χ4n) is 2.25. The second-order valence-corrected chi connectivity index (χ2v) is 4.64. The molecule has 0 aliphatic heterocycles. The van der Waals surface area contributed by atoms with Gasteiger partial charge in [-0.15, -0.1) is 0 Å². The molecule has 3 aromatic rings. The summed E-state index contributed by atoms with van der Waals surface area (Å²) in [6.07, 6.45) is 1.71. The van der Waals surface area contributed by atoms with Crippen molar-refractivity contribution in [3.05, 3.63) is 72.2 Å². The predicted octanol–water partition coefficient (Wildman–Crippen LogP) is 4.05. The highest BCUT2D eigenvalue weighted by Crippen LogP contribution is 2.25. The van der Waals surface area contributed by atoms with Crippen molar-refractivity contribution in [3.8, 4) is 6.07 Å². The normalized spacial score (nSPS) is 11.8. The van der Waals surface area contributed by atoms with Gasteiger partial charge in [0.2, 0.25) is 0 Å². The molecule has 1 atom stereocenters. The zero-order chi connectivity index (χ0) is 14.7. The van der Waals surface area contributed by atoms with E-state index in [0.717, 1.165) is 16.5 Å². The fourth-order valence-corrected chi connectivity index (χ4v) is 2.25. The Hall–Kier alpha value is -2.93. The zero-order valence-electron chi connectivity index (χ0n) is 11.1. The van der Waals surface area contributed by atoms with Crippen LogP contribution in [0.5, 0.6) is 0 Å². The minimum atomic E-state index is -0.547. The van der Waals surface area contributed by atoms with Crippen molar-refractivity contribution >= 4 is 16.6 Å². The lowest BCUT2D eigenvalue weighted by atomic mass is 10.0. The van der Waals surface area contributed by atoms with E-state index in [-0.39, 0.29) is 5.82 Å². The third-order valence-electron chi connectivity index (χ3n) is 3.26. The lowest BCUT2D eigenvalue weighted by Gasteiger charge is -2.15. The number of fused-ring (bicyclic) bond motifs is 1. The molecule has 1 heterocycles. The number of nitrogens with one attached hydrogen (secondary N) is 1. The molecule has 0 fully saturated rings. The van der Waals surface area contributed by atoms with Crippen LogP contribution in [0.3, 0.4) is 0 Å². The topological polar surface area (TPSA) is 48.7 Å². The van der Waals surface area contributed by atoms with Crippen LogP contribution in [0.25, 0.3) is 10.9 Å². The minimum absolute atomic E-state index is 0.305. The molecule has 3 nitrogen and oxygen atoms in total. The molecule has 0 aliphatic rings. The smallest absolute Gasteiger partial charge is 0.142 e. The summed E-state index contributed by atoms with van der Waals surface area (Å²) >= 11 is 0. The van der Waals surface area contributed by atoms with Crippen LogP contribution in [0.15, 0.2) is 60.8 Å². The number of nitriles is 1. The van der Waals surface area contributed by atoms with Gasteiger partial charge >= 0.3 is 0 Å². The molecule has 4 heteroatoms. The molecule has 0 bridgehead atoms. The largest absolute Gasteiger partial charge is 0.366 e. The van der Waals surface area contributed by atoms with E-state index in [0.29, 0.717) is 5.69 Å². The van der Waals surface area contributed by atoms with Crippen LogP contribution in [-0.2, 0) is 0 Å². The van der Waals surface area contributed by atoms with E-state index in [1.807, 2.05) is 30.3 Å². The van der Waals surface area contributed by atoms with E-state index in [1.165, 1.54) is 12.1 Å². The summed E-state index contributed by atoms with van der Waals surface area (Å²) in [6, 6.07) is 17.2. The van der Waals surface area contributed by atoms with Gasteiger partial charge in [0.1, 0.15) is 11.9 Å². The maximum Gasteiger partial charge on any atom is 0.142 e. The van der Waals surface area contributed by atoms with Gasteiger partial charge in [0.05, 0.1) is 11.6 Å². The van der Waals surface area contributed by atoms with Crippen molar-refractivity contribution in [2.45, 2.75) is 6.04 Å². The average Bonchev–Trinajstić information content (AvgIpc) is 2.54. The first-order valence-corrected chi connectivity index (χ1v) is 6.53. The van der Waals surface area contributed by atoms with Gasteiger partial charge in [0.25, 0.3) is 0 Å². The van der Waals surface area contributed by atoms with E-state index < -0.39 is 6.04 Å². The van der Waals surface area contributed by atoms with E-state index in [1.54, 1.807) is 18.3 Å². The zero-order valence-corrected chi connectivity index (χ0v) is 11.1. The van der Waals surface area contributed by atoms with Gasteiger partial charge in [-0.3, -0.25) is 4.98 Å². The molecule has 0 amide bonds. The number of benzene rings is 2. The van der Waals surface area contributed by atoms with Crippen molar-refractivity contribution in [2.24, 2.45) is 0 Å². The Morgan fingerprint density at radius 3 is 2.57 bits per heavy atom. The quantitative estimate of drug-likeness (QED) is 0.785. The Morgan fingerprint density at radius 1 is 1.05 bits per heavy atom. The third-order valence-corrected chi connectivity index (χ3v) is 3.26. The fraction of sp³-hybridized carbons (Fsp3) is 0.0588. The molecule has 0 saturated carbocycles. The van der Waals surface area contributed by atoms with E-state index in [9.17, 15) is 9.65 Å². The first-order chi connectivity index (χ1) is 10.3. The summed E-state index contributed by atoms with van der Waals surface area (Å²) in [5, 5.41) is 13.5. The Morgan fingerprint density at radius 2 is 1.81 bits per heavy atom. The molecule has 1 unspecified atom stereocenters. The number of hydrogen-bond donors (Lipinski definition) is 1. The molecule has 3 rings (SSSR count). The van der Waals surface area contributed by atoms with Crippen molar-refractivity contribution in [1.82, 2.24) is 4.98 Å². The predicted molar refractivity (Wildman–Crippen MR) is 80.1 cm³/mol. The van der Waals surface area contributed by atoms with Crippen LogP contribution in [0.1, 0.15) is 11.6 Å². The molecule has 21 heavy (non-hydrogen) atoms. The molecular weight excluding hydrogens is 265 g/mol. The number of nitrogens with zero attached hydrogens (tertiary/aromatic N) is 2. The highest BCUT2D eigenvalue weighted by molar-refractivity contribution is 5.82. The minimum Gasteiger partial charge on any atom is -0.366 e. The van der Waals surface area contributed by atoms with Crippen LogP contribution in [0.4, 0.5) is 10.1 Å². The van der Waals surface area contributed by atoms with Crippen LogP contribution >= 0.6 is 0 Å². The maximum atomic E-state index is 12.9.